The number of benzene rings is 2. The molecule has 0 amide bonds. The highest BCUT2D eigenvalue weighted by Crippen LogP contribution is 2.41. The molecule has 0 aliphatic rings. The average Bonchev–Trinajstić information content (AvgIpc) is 2.66. The predicted octanol–water partition coefficient (Wildman–Crippen LogP) is 4.37. The van der Waals surface area contributed by atoms with E-state index in [4.69, 9.17) is 5.73 Å². The van der Waals surface area contributed by atoms with Crippen molar-refractivity contribution in [2.45, 2.75) is 23.3 Å². The minimum atomic E-state index is -5.31. The third-order valence-corrected chi connectivity index (χ3v) is 6.13. The van der Waals surface area contributed by atoms with E-state index in [1.807, 2.05) is 0 Å². The van der Waals surface area contributed by atoms with Crippen LogP contribution in [-0.4, -0.2) is 31.2 Å². The van der Waals surface area contributed by atoms with E-state index in [-0.39, 0.29) is 40.7 Å². The molecule has 2 aromatic carbocycles. The van der Waals surface area contributed by atoms with Gasteiger partial charge in [0.05, 0.1) is 20.9 Å². The summed E-state index contributed by atoms with van der Waals surface area (Å²) in [4.78, 5) is 9.59. The summed E-state index contributed by atoms with van der Waals surface area (Å²) in [6, 6.07) is 3.67. The summed E-state index contributed by atoms with van der Waals surface area (Å²) in [6.45, 7) is -0.567. The van der Waals surface area contributed by atoms with Crippen molar-refractivity contribution in [2.75, 3.05) is 13.6 Å². The fourth-order valence-corrected chi connectivity index (χ4v) is 3.87. The van der Waals surface area contributed by atoms with E-state index >= 15 is 0 Å². The van der Waals surface area contributed by atoms with Gasteiger partial charge >= 0.3 is 12.4 Å². The number of likely N-dealkylation sites (N-methyl/N-ethyl adjacent to an activating group) is 1. The molecule has 0 unspecified atom stereocenters. The van der Waals surface area contributed by atoms with Gasteiger partial charge in [-0.1, -0.05) is 6.07 Å². The number of nitrogens with two attached hydrogens (primary N) is 1. The van der Waals surface area contributed by atoms with Crippen molar-refractivity contribution < 1.29 is 39.7 Å². The Bertz CT molecular complexity index is 1080. The molecule has 32 heavy (non-hydrogen) atoms. The molecule has 0 saturated heterocycles. The first kappa shape index (κ1) is 27.6. The van der Waals surface area contributed by atoms with Gasteiger partial charge in [-0.15, -0.1) is 12.4 Å². The first-order chi connectivity index (χ1) is 14.0. The molecule has 178 valence electrons. The van der Waals surface area contributed by atoms with E-state index in [0.29, 0.717) is 4.31 Å². The van der Waals surface area contributed by atoms with Crippen LogP contribution in [0.2, 0.25) is 0 Å². The quantitative estimate of drug-likeness (QED) is 0.355. The van der Waals surface area contributed by atoms with Crippen molar-refractivity contribution in [2.24, 2.45) is 5.73 Å². The molecule has 7 nitrogen and oxygen atoms in total. The minimum absolute atomic E-state index is 0. The number of nitro benzene ring substituents is 1. The molecule has 0 saturated carbocycles. The summed E-state index contributed by atoms with van der Waals surface area (Å²) >= 11 is 0. The maximum Gasteiger partial charge on any atom is 0.417 e. The maximum atomic E-state index is 13.1. The second-order valence-corrected chi connectivity index (χ2v) is 8.49. The van der Waals surface area contributed by atoms with Crippen LogP contribution in [0.3, 0.4) is 0 Å². The van der Waals surface area contributed by atoms with Crippen LogP contribution in [0.4, 0.5) is 32.0 Å². The fourth-order valence-electron chi connectivity index (χ4n) is 2.67. The van der Waals surface area contributed by atoms with Crippen LogP contribution in [0.25, 0.3) is 0 Å². The first-order valence-corrected chi connectivity index (χ1v) is 9.74. The van der Waals surface area contributed by atoms with Crippen LogP contribution in [-0.2, 0) is 22.4 Å². The number of alkyl halides is 6. The van der Waals surface area contributed by atoms with Crippen LogP contribution in [0, 0.1) is 10.1 Å². The molecular formula is C17H16ClF6N3O4S. The molecule has 0 aliphatic carbocycles. The Morgan fingerprint density at radius 3 is 1.94 bits per heavy atom. The zero-order chi connectivity index (χ0) is 23.8. The normalized spacial score (nSPS) is 13.5. The van der Waals surface area contributed by atoms with E-state index in [2.05, 4.69) is 0 Å². The number of nitrogens with zero attached hydrogens (tertiary/aromatic N) is 2. The van der Waals surface area contributed by atoms with Crippen molar-refractivity contribution in [3.63, 3.8) is 0 Å². The number of hydrogen-bond donors (Lipinski definition) is 1. The molecule has 2 rings (SSSR count). The van der Waals surface area contributed by atoms with E-state index in [1.54, 1.807) is 0 Å². The highest BCUT2D eigenvalue weighted by molar-refractivity contribution is 7.89. The highest BCUT2D eigenvalue weighted by atomic mass is 35.5. The Hall–Kier alpha value is -2.42. The van der Waals surface area contributed by atoms with Gasteiger partial charge in [-0.3, -0.25) is 10.1 Å². The maximum absolute atomic E-state index is 13.1. The SMILES string of the molecule is CN(C[C@@H](N)c1ccc(C(F)(F)F)c(C(F)(F)F)c1)S(=O)(=O)c1ccc([N+](=O)[O-])cc1.Cl. The summed E-state index contributed by atoms with van der Waals surface area (Å²) in [7, 11) is -3.17. The molecule has 0 heterocycles. The summed E-state index contributed by atoms with van der Waals surface area (Å²) in [5.74, 6) is 0. The third-order valence-electron chi connectivity index (χ3n) is 4.29. The molecule has 2 aromatic rings. The molecule has 1 atom stereocenters. The molecule has 2 N–H and O–H groups in total. The van der Waals surface area contributed by atoms with Gasteiger partial charge in [0, 0.05) is 31.8 Å². The van der Waals surface area contributed by atoms with Gasteiger partial charge in [0.2, 0.25) is 10.0 Å². The number of nitro groups is 1. The zero-order valence-electron chi connectivity index (χ0n) is 16.0. The van der Waals surface area contributed by atoms with Gasteiger partial charge in [0.1, 0.15) is 0 Å². The van der Waals surface area contributed by atoms with E-state index in [0.717, 1.165) is 37.4 Å². The molecular weight excluding hydrogens is 492 g/mol. The topological polar surface area (TPSA) is 107 Å². The number of hydrogen-bond acceptors (Lipinski definition) is 5. The van der Waals surface area contributed by atoms with Gasteiger partial charge < -0.3 is 5.73 Å². The minimum Gasteiger partial charge on any atom is -0.323 e. The van der Waals surface area contributed by atoms with Crippen molar-refractivity contribution in [3.8, 4) is 0 Å². The largest absolute Gasteiger partial charge is 0.417 e. The summed E-state index contributed by atoms with van der Waals surface area (Å²) in [5, 5.41) is 10.7. The van der Waals surface area contributed by atoms with Crippen LogP contribution in [0.1, 0.15) is 22.7 Å². The monoisotopic (exact) mass is 507 g/mol. The van der Waals surface area contributed by atoms with Crippen LogP contribution in [0.5, 0.6) is 0 Å². The predicted molar refractivity (Wildman–Crippen MR) is 104 cm³/mol. The third kappa shape index (κ3) is 6.09. The van der Waals surface area contributed by atoms with E-state index < -0.39 is 51.0 Å². The summed E-state index contributed by atoms with van der Waals surface area (Å²) in [5.41, 5.74) is 1.23. The zero-order valence-corrected chi connectivity index (χ0v) is 17.6. The smallest absolute Gasteiger partial charge is 0.323 e. The molecule has 0 aromatic heterocycles. The second kappa shape index (κ2) is 9.60. The first-order valence-electron chi connectivity index (χ1n) is 8.30. The molecule has 15 heteroatoms. The van der Waals surface area contributed by atoms with Crippen molar-refractivity contribution in [3.05, 3.63) is 69.3 Å². The Morgan fingerprint density at radius 2 is 1.50 bits per heavy atom. The summed E-state index contributed by atoms with van der Waals surface area (Å²) < 4.78 is 104. The molecule has 0 fully saturated rings. The Balaban J connectivity index is 0.00000512. The molecule has 0 radical (unpaired) electrons. The lowest BCUT2D eigenvalue weighted by Gasteiger charge is -2.23. The van der Waals surface area contributed by atoms with Gasteiger partial charge in [0.25, 0.3) is 5.69 Å². The van der Waals surface area contributed by atoms with Crippen molar-refractivity contribution in [1.29, 1.82) is 0 Å². The summed E-state index contributed by atoms with van der Waals surface area (Å²) in [6.07, 6.45) is -10.6. The number of non-ortho nitro benzene ring substituents is 1. The average molecular weight is 508 g/mol. The van der Waals surface area contributed by atoms with Gasteiger partial charge in [-0.25, -0.2) is 8.42 Å². The number of rotatable bonds is 6. The van der Waals surface area contributed by atoms with E-state index in [1.165, 1.54) is 0 Å². The van der Waals surface area contributed by atoms with Crippen LogP contribution < -0.4 is 5.73 Å². The Kier molecular flexibility index (Phi) is 8.29. The number of sulfonamides is 1. The van der Waals surface area contributed by atoms with Crippen LogP contribution in [0.15, 0.2) is 47.4 Å². The molecule has 0 spiro atoms. The van der Waals surface area contributed by atoms with Gasteiger partial charge in [-0.05, 0) is 29.8 Å². The van der Waals surface area contributed by atoms with Crippen LogP contribution >= 0.6 is 12.4 Å². The second-order valence-electron chi connectivity index (χ2n) is 6.44. The molecule has 0 aliphatic heterocycles. The Morgan fingerprint density at radius 1 is 1.00 bits per heavy atom. The van der Waals surface area contributed by atoms with Gasteiger partial charge in [-0.2, -0.15) is 30.6 Å². The fraction of sp³-hybridized carbons (Fsp3) is 0.294. The standard InChI is InChI=1S/C17H15F6N3O4S.ClH/c1-25(31(29,30)12-5-3-11(4-6-12)26(27)28)9-15(24)10-2-7-13(16(18,19)20)14(8-10)17(21,22)23;/h2-8,15H,9,24H2,1H3;1H/t15-;/m1./s1. The Labute approximate surface area is 184 Å². The lowest BCUT2D eigenvalue weighted by Crippen LogP contribution is -2.34. The van der Waals surface area contributed by atoms with Crippen molar-refractivity contribution >= 4 is 28.1 Å². The molecule has 0 bridgehead atoms. The lowest BCUT2D eigenvalue weighted by atomic mass is 9.99. The van der Waals surface area contributed by atoms with Gasteiger partial charge in [0.15, 0.2) is 0 Å². The highest BCUT2D eigenvalue weighted by Gasteiger charge is 2.43. The van der Waals surface area contributed by atoms with Crippen molar-refractivity contribution in [1.82, 2.24) is 4.31 Å². The van der Waals surface area contributed by atoms with E-state index in [9.17, 15) is 44.9 Å². The number of halogens is 7. The lowest BCUT2D eigenvalue weighted by molar-refractivity contribution is -0.384.